The van der Waals surface area contributed by atoms with Crippen molar-refractivity contribution in [2.75, 3.05) is 13.1 Å². The molecule has 1 aliphatic carbocycles. The number of imidazole rings is 1. The summed E-state index contributed by atoms with van der Waals surface area (Å²) >= 11 is 0. The minimum atomic E-state index is 0.376. The van der Waals surface area contributed by atoms with E-state index in [0.29, 0.717) is 30.6 Å². The Bertz CT molecular complexity index is 1620. The number of piperidine rings is 1. The van der Waals surface area contributed by atoms with Crippen molar-refractivity contribution in [2.24, 2.45) is 0 Å². The normalized spacial score (nSPS) is 17.6. The van der Waals surface area contributed by atoms with Crippen LogP contribution in [0, 0.1) is 0 Å². The summed E-state index contributed by atoms with van der Waals surface area (Å²) in [7, 11) is 0. The predicted molar refractivity (Wildman–Crippen MR) is 164 cm³/mol. The number of likely N-dealkylation sites (tertiary alicyclic amines) is 1. The van der Waals surface area contributed by atoms with E-state index >= 15 is 0 Å². The van der Waals surface area contributed by atoms with Crippen molar-refractivity contribution in [1.82, 2.24) is 29.0 Å². The minimum Gasteiger partial charge on any atom is -0.471 e. The fraction of sp³-hybridized carbons (Fsp3) is 0.441. The van der Waals surface area contributed by atoms with Gasteiger partial charge in [0.15, 0.2) is 0 Å². The largest absolute Gasteiger partial charge is 0.471 e. The van der Waals surface area contributed by atoms with Gasteiger partial charge in [-0.15, -0.1) is 0 Å². The Morgan fingerprint density at radius 2 is 1.63 bits per heavy atom. The lowest BCUT2D eigenvalue weighted by Crippen LogP contribution is -2.38. The lowest BCUT2D eigenvalue weighted by molar-refractivity contribution is 0.153. The van der Waals surface area contributed by atoms with Gasteiger partial charge in [-0.1, -0.05) is 55.7 Å². The second-order valence-electron chi connectivity index (χ2n) is 12.1. The van der Waals surface area contributed by atoms with E-state index in [0.717, 1.165) is 59.2 Å². The Morgan fingerprint density at radius 1 is 0.854 bits per heavy atom. The van der Waals surface area contributed by atoms with Crippen LogP contribution in [0.1, 0.15) is 76.4 Å². The van der Waals surface area contributed by atoms with Gasteiger partial charge < -0.3 is 18.8 Å². The molecule has 0 radical (unpaired) electrons. The molecule has 0 bridgehead atoms. The van der Waals surface area contributed by atoms with Crippen LogP contribution in [0.3, 0.4) is 0 Å². The van der Waals surface area contributed by atoms with Crippen LogP contribution in [0.2, 0.25) is 0 Å². The molecule has 7 rings (SSSR count). The summed E-state index contributed by atoms with van der Waals surface area (Å²) in [5, 5.41) is 0. The topological polar surface area (TPSA) is 61.0 Å². The van der Waals surface area contributed by atoms with Gasteiger partial charge in [0.05, 0.1) is 17.4 Å². The molecule has 41 heavy (non-hydrogen) atoms. The number of fused-ring (bicyclic) bond motifs is 2. The van der Waals surface area contributed by atoms with Crippen molar-refractivity contribution in [3.63, 3.8) is 0 Å². The zero-order valence-corrected chi connectivity index (χ0v) is 24.2. The van der Waals surface area contributed by atoms with Gasteiger partial charge in [-0.3, -0.25) is 0 Å². The molecule has 1 saturated heterocycles. The second-order valence-corrected chi connectivity index (χ2v) is 12.1. The minimum absolute atomic E-state index is 0.376. The van der Waals surface area contributed by atoms with Gasteiger partial charge in [0.25, 0.3) is 0 Å². The van der Waals surface area contributed by atoms with Crippen LogP contribution >= 0.6 is 0 Å². The molecule has 212 valence electrons. The molecule has 1 aliphatic heterocycles. The molecule has 5 aromatic rings. The maximum absolute atomic E-state index is 6.39. The molecule has 2 aromatic carbocycles. The number of aromatic nitrogens is 5. The highest BCUT2D eigenvalue weighted by Crippen LogP contribution is 2.39. The molecule has 0 amide bonds. The van der Waals surface area contributed by atoms with Gasteiger partial charge in [-0.2, -0.15) is 4.98 Å². The van der Waals surface area contributed by atoms with Crippen molar-refractivity contribution >= 4 is 22.1 Å². The Hall–Kier alpha value is -3.71. The monoisotopic (exact) mass is 548 g/mol. The molecule has 2 aliphatic rings. The average molecular weight is 549 g/mol. The summed E-state index contributed by atoms with van der Waals surface area (Å²) in [6.07, 6.45) is 14.7. The number of nitrogens with zero attached hydrogens (tertiary/aromatic N) is 6. The summed E-state index contributed by atoms with van der Waals surface area (Å²) in [5.74, 6) is 0.652. The number of hydrogen-bond donors (Lipinski definition) is 0. The average Bonchev–Trinajstić information content (AvgIpc) is 3.63. The third kappa shape index (κ3) is 5.12. The smallest absolute Gasteiger partial charge is 0.242 e. The Balaban J connectivity index is 1.28. The maximum Gasteiger partial charge on any atom is 0.242 e. The van der Waals surface area contributed by atoms with Crippen LogP contribution in [0.5, 0.6) is 5.88 Å². The summed E-state index contributed by atoms with van der Waals surface area (Å²) < 4.78 is 11.2. The summed E-state index contributed by atoms with van der Waals surface area (Å²) in [6.45, 7) is 7.24. The molecule has 2 fully saturated rings. The summed E-state index contributed by atoms with van der Waals surface area (Å²) in [6, 6.07) is 18.5. The molecule has 0 atom stereocenters. The number of rotatable bonds is 7. The molecule has 0 N–H and O–H groups in total. The molecule has 7 heteroatoms. The molecule has 0 unspecified atom stereocenters. The second kappa shape index (κ2) is 11.3. The van der Waals surface area contributed by atoms with Crippen LogP contribution < -0.4 is 4.74 Å². The Morgan fingerprint density at radius 3 is 2.41 bits per heavy atom. The number of ether oxygens (including phenoxy) is 1. The van der Waals surface area contributed by atoms with Gasteiger partial charge in [0, 0.05) is 43.0 Å². The van der Waals surface area contributed by atoms with Crippen molar-refractivity contribution in [3.8, 4) is 17.0 Å². The molecule has 1 saturated carbocycles. The van der Waals surface area contributed by atoms with Gasteiger partial charge >= 0.3 is 0 Å². The Kier molecular flexibility index (Phi) is 7.21. The third-order valence-corrected chi connectivity index (χ3v) is 9.27. The molecule has 4 heterocycles. The van der Waals surface area contributed by atoms with E-state index in [2.05, 4.69) is 69.4 Å². The molecule has 3 aromatic heterocycles. The van der Waals surface area contributed by atoms with Gasteiger partial charge in [0.2, 0.25) is 5.88 Å². The van der Waals surface area contributed by atoms with Gasteiger partial charge in [0.1, 0.15) is 24.0 Å². The predicted octanol–water partition coefficient (Wildman–Crippen LogP) is 7.58. The van der Waals surface area contributed by atoms with E-state index in [1.165, 1.54) is 37.6 Å². The fourth-order valence-corrected chi connectivity index (χ4v) is 6.92. The lowest BCUT2D eigenvalue weighted by Gasteiger charge is -2.35. The van der Waals surface area contributed by atoms with Crippen molar-refractivity contribution in [1.29, 1.82) is 0 Å². The van der Waals surface area contributed by atoms with Crippen molar-refractivity contribution in [2.45, 2.75) is 83.5 Å². The first-order chi connectivity index (χ1) is 20.2. The van der Waals surface area contributed by atoms with Crippen molar-refractivity contribution < 1.29 is 4.74 Å². The zero-order chi connectivity index (χ0) is 27.8. The highest BCUT2D eigenvalue weighted by atomic mass is 16.5. The maximum atomic E-state index is 6.39. The van der Waals surface area contributed by atoms with E-state index in [1.807, 2.05) is 24.5 Å². The quantitative estimate of drug-likeness (QED) is 0.210. The first-order valence-electron chi connectivity index (χ1n) is 15.4. The van der Waals surface area contributed by atoms with Crippen LogP contribution in [-0.2, 0) is 6.61 Å². The SMILES string of the molecule is CC(C)N1CCC(n2cc(-c3ccc4c(c3)ncn4C3CCCCC3)c3ncnc(OCc4ccccc4)c32)CC1. The highest BCUT2D eigenvalue weighted by molar-refractivity contribution is 5.97. The summed E-state index contributed by atoms with van der Waals surface area (Å²) in [5.41, 5.74) is 7.60. The first-order valence-corrected chi connectivity index (χ1v) is 15.4. The van der Waals surface area contributed by atoms with Gasteiger partial charge in [-0.25, -0.2) is 9.97 Å². The Labute approximate surface area is 242 Å². The zero-order valence-electron chi connectivity index (χ0n) is 24.2. The highest BCUT2D eigenvalue weighted by Gasteiger charge is 2.27. The third-order valence-electron chi connectivity index (χ3n) is 9.27. The van der Waals surface area contributed by atoms with Crippen molar-refractivity contribution in [3.05, 3.63) is 72.9 Å². The fourth-order valence-electron chi connectivity index (χ4n) is 6.92. The van der Waals surface area contributed by atoms with Crippen LogP contribution in [0.25, 0.3) is 33.2 Å². The summed E-state index contributed by atoms with van der Waals surface area (Å²) in [4.78, 5) is 16.9. The molecular formula is C34H40N6O. The van der Waals surface area contributed by atoms with Crippen LogP contribution in [-0.4, -0.2) is 48.1 Å². The molecule has 0 spiro atoms. The lowest BCUT2D eigenvalue weighted by atomic mass is 9.95. The standard InChI is InChI=1S/C34H40N6O/c1-24(2)38-17-15-28(16-18-38)39-20-29(32-33(39)34(36-22-35-32)41-21-25-9-5-3-6-10-25)26-13-14-31-30(19-26)37-23-40(31)27-11-7-4-8-12-27/h3,5-6,9-10,13-14,19-20,22-24,27-28H,4,7-8,11-12,15-18,21H2,1-2H3. The molecular weight excluding hydrogens is 508 g/mol. The van der Waals surface area contributed by atoms with Crippen LogP contribution in [0.15, 0.2) is 67.4 Å². The molecule has 7 nitrogen and oxygen atoms in total. The van der Waals surface area contributed by atoms with E-state index in [-0.39, 0.29) is 0 Å². The van der Waals surface area contributed by atoms with E-state index < -0.39 is 0 Å². The number of hydrogen-bond acceptors (Lipinski definition) is 5. The first kappa shape index (κ1) is 26.2. The van der Waals surface area contributed by atoms with E-state index in [1.54, 1.807) is 6.33 Å². The van der Waals surface area contributed by atoms with E-state index in [4.69, 9.17) is 14.7 Å². The number of benzene rings is 2. The van der Waals surface area contributed by atoms with Crippen LogP contribution in [0.4, 0.5) is 0 Å². The van der Waals surface area contributed by atoms with E-state index in [9.17, 15) is 0 Å². The van der Waals surface area contributed by atoms with Gasteiger partial charge in [-0.05, 0) is 62.8 Å².